The number of nitriles is 1. The van der Waals surface area contributed by atoms with Crippen molar-refractivity contribution in [1.29, 1.82) is 5.26 Å². The van der Waals surface area contributed by atoms with Gasteiger partial charge >= 0.3 is 0 Å². The Balaban J connectivity index is 3.62. The first-order valence-electron chi connectivity index (χ1n) is 4.03. The Morgan fingerprint density at radius 3 is 2.27 bits per heavy atom. The van der Waals surface area contributed by atoms with Crippen LogP contribution < -0.4 is 0 Å². The van der Waals surface area contributed by atoms with Crippen LogP contribution >= 0.6 is 11.8 Å². The van der Waals surface area contributed by atoms with E-state index in [9.17, 15) is 0 Å². The quantitative estimate of drug-likeness (QED) is 0.359. The minimum absolute atomic E-state index is 0.953. The van der Waals surface area contributed by atoms with Crippen LogP contribution in [0.4, 0.5) is 0 Å². The van der Waals surface area contributed by atoms with Gasteiger partial charge in [-0.2, -0.15) is 5.26 Å². The van der Waals surface area contributed by atoms with E-state index >= 15 is 0 Å². The maximum atomic E-state index is 8.31. The zero-order valence-corrected chi connectivity index (χ0v) is 8.45. The van der Waals surface area contributed by atoms with Gasteiger partial charge in [-0.05, 0) is 25.6 Å². The summed E-state index contributed by atoms with van der Waals surface area (Å²) in [7, 11) is 2.23. The lowest BCUT2D eigenvalue weighted by Crippen LogP contribution is -2.45. The Morgan fingerprint density at radius 1 is 1.36 bits per heavy atom. The molecule has 0 saturated carbocycles. The third kappa shape index (κ3) is 4.28. The van der Waals surface area contributed by atoms with Gasteiger partial charge in [0.25, 0.3) is 0 Å². The lowest BCUT2D eigenvalue weighted by atomic mass is 10.4. The van der Waals surface area contributed by atoms with Gasteiger partial charge in [0.15, 0.2) is 0 Å². The third-order valence-corrected chi connectivity index (χ3v) is 2.84. The Hall–Kier alpha value is -0.200. The van der Waals surface area contributed by atoms with Gasteiger partial charge in [-0.3, -0.25) is 0 Å². The van der Waals surface area contributed by atoms with Crippen LogP contribution in [-0.4, -0.2) is 36.9 Å². The maximum Gasteiger partial charge on any atom is 0.133 e. The Morgan fingerprint density at radius 2 is 1.91 bits per heavy atom. The molecule has 0 aliphatic rings. The van der Waals surface area contributed by atoms with Crippen molar-refractivity contribution < 1.29 is 4.48 Å². The van der Waals surface area contributed by atoms with Crippen molar-refractivity contribution in [1.82, 2.24) is 0 Å². The van der Waals surface area contributed by atoms with Crippen molar-refractivity contribution in [2.75, 3.05) is 32.4 Å². The number of rotatable bonds is 5. The van der Waals surface area contributed by atoms with Crippen LogP contribution in [0.15, 0.2) is 0 Å². The fraction of sp³-hybridized carbons (Fsp3) is 0.875. The fourth-order valence-corrected chi connectivity index (χ4v) is 1.47. The summed E-state index contributed by atoms with van der Waals surface area (Å²) in [5.74, 6) is 0.953. The molecule has 0 aliphatic heterocycles. The highest BCUT2D eigenvalue weighted by molar-refractivity contribution is 8.03. The number of thioether (sulfide) groups is 1. The number of thiocyanates is 1. The summed E-state index contributed by atoms with van der Waals surface area (Å²) in [4.78, 5) is 0. The second kappa shape index (κ2) is 5.45. The normalized spacial score (nSPS) is 11.1. The van der Waals surface area contributed by atoms with E-state index in [4.69, 9.17) is 5.26 Å². The van der Waals surface area contributed by atoms with E-state index in [0.29, 0.717) is 0 Å². The Labute approximate surface area is 73.8 Å². The lowest BCUT2D eigenvalue weighted by Gasteiger charge is -2.31. The molecule has 0 N–H and O–H groups in total. The number of hydrogen-bond acceptors (Lipinski definition) is 2. The zero-order valence-electron chi connectivity index (χ0n) is 7.63. The molecule has 0 rings (SSSR count). The van der Waals surface area contributed by atoms with Crippen LogP contribution in [0.2, 0.25) is 0 Å². The van der Waals surface area contributed by atoms with E-state index in [2.05, 4.69) is 26.3 Å². The number of quaternary nitrogens is 1. The smallest absolute Gasteiger partial charge is 0.133 e. The zero-order chi connectivity index (χ0) is 8.74. The fourth-order valence-electron chi connectivity index (χ4n) is 0.852. The van der Waals surface area contributed by atoms with Crippen LogP contribution in [0, 0.1) is 10.7 Å². The number of nitrogens with zero attached hydrogens (tertiary/aromatic N) is 2. The summed E-state index contributed by atoms with van der Waals surface area (Å²) in [6.07, 6.45) is 0. The van der Waals surface area contributed by atoms with Crippen molar-refractivity contribution in [3.63, 3.8) is 0 Å². The minimum Gasteiger partial charge on any atom is -0.326 e. The van der Waals surface area contributed by atoms with E-state index in [1.165, 1.54) is 11.8 Å². The van der Waals surface area contributed by atoms with Gasteiger partial charge in [-0.15, -0.1) is 0 Å². The number of hydrogen-bond donors (Lipinski definition) is 0. The van der Waals surface area contributed by atoms with Crippen molar-refractivity contribution in [2.45, 2.75) is 13.8 Å². The van der Waals surface area contributed by atoms with Gasteiger partial charge in [0, 0.05) is 0 Å². The molecule has 0 fully saturated rings. The molecule has 0 spiro atoms. The van der Waals surface area contributed by atoms with Crippen LogP contribution in [0.25, 0.3) is 0 Å². The second-order valence-corrected chi connectivity index (χ2v) is 3.79. The van der Waals surface area contributed by atoms with Crippen LogP contribution in [0.1, 0.15) is 13.8 Å². The summed E-state index contributed by atoms with van der Waals surface area (Å²) in [5, 5.41) is 10.4. The van der Waals surface area contributed by atoms with Crippen LogP contribution in [0.5, 0.6) is 0 Å². The topological polar surface area (TPSA) is 23.8 Å². The molecular formula is C8H17N2S+. The predicted octanol–water partition coefficient (Wildman–Crippen LogP) is 1.69. The molecule has 2 nitrogen and oxygen atoms in total. The minimum atomic E-state index is 0.953. The first-order chi connectivity index (χ1) is 5.18. The maximum absolute atomic E-state index is 8.31. The average molecular weight is 173 g/mol. The summed E-state index contributed by atoms with van der Waals surface area (Å²) in [6.45, 7) is 7.80. The molecule has 0 aromatic rings. The highest BCUT2D eigenvalue weighted by Gasteiger charge is 2.14. The largest absolute Gasteiger partial charge is 0.326 e. The van der Waals surface area contributed by atoms with Gasteiger partial charge in [0.1, 0.15) is 5.40 Å². The van der Waals surface area contributed by atoms with Crippen molar-refractivity contribution in [3.8, 4) is 5.40 Å². The molecule has 0 amide bonds. The summed E-state index contributed by atoms with van der Waals surface area (Å²) >= 11 is 1.36. The predicted molar refractivity (Wildman–Crippen MR) is 50.2 cm³/mol. The van der Waals surface area contributed by atoms with Crippen molar-refractivity contribution in [3.05, 3.63) is 0 Å². The van der Waals surface area contributed by atoms with Gasteiger partial charge in [-0.25, -0.2) is 0 Å². The van der Waals surface area contributed by atoms with Crippen LogP contribution in [0.3, 0.4) is 0 Å². The first-order valence-corrected chi connectivity index (χ1v) is 5.01. The molecule has 0 bridgehead atoms. The molecule has 0 aromatic heterocycles. The SMILES string of the molecule is CC[N+](C)(CC)CCSC#N. The van der Waals surface area contributed by atoms with Crippen molar-refractivity contribution >= 4 is 11.8 Å². The molecule has 0 unspecified atom stereocenters. The van der Waals surface area contributed by atoms with E-state index in [1.54, 1.807) is 0 Å². The highest BCUT2D eigenvalue weighted by atomic mass is 32.2. The lowest BCUT2D eigenvalue weighted by molar-refractivity contribution is -0.903. The van der Waals surface area contributed by atoms with Gasteiger partial charge in [0.2, 0.25) is 0 Å². The monoisotopic (exact) mass is 173 g/mol. The molecule has 3 heteroatoms. The first kappa shape index (κ1) is 10.8. The molecule has 0 radical (unpaired) electrons. The molecule has 11 heavy (non-hydrogen) atoms. The molecule has 0 aromatic carbocycles. The molecule has 0 aliphatic carbocycles. The second-order valence-electron chi connectivity index (χ2n) is 2.92. The van der Waals surface area contributed by atoms with Crippen LogP contribution in [-0.2, 0) is 0 Å². The van der Waals surface area contributed by atoms with E-state index in [0.717, 1.165) is 29.9 Å². The standard InChI is InChI=1S/C8H17N2S/c1-4-10(3,5-2)6-7-11-8-9/h4-7H2,1-3H3/q+1. The van der Waals surface area contributed by atoms with Gasteiger partial charge in [0.05, 0.1) is 32.4 Å². The average Bonchev–Trinajstić information content (AvgIpc) is 2.05. The molecule has 0 saturated heterocycles. The van der Waals surface area contributed by atoms with E-state index in [-0.39, 0.29) is 0 Å². The van der Waals surface area contributed by atoms with Gasteiger partial charge < -0.3 is 4.48 Å². The van der Waals surface area contributed by atoms with Gasteiger partial charge in [-0.1, -0.05) is 0 Å². The Bertz CT molecular complexity index is 136. The van der Waals surface area contributed by atoms with E-state index in [1.807, 2.05) is 0 Å². The summed E-state index contributed by atoms with van der Waals surface area (Å²) in [5.41, 5.74) is 0. The Kier molecular flexibility index (Phi) is 5.35. The molecular weight excluding hydrogens is 156 g/mol. The third-order valence-electron chi connectivity index (χ3n) is 2.32. The highest BCUT2D eigenvalue weighted by Crippen LogP contribution is 2.04. The van der Waals surface area contributed by atoms with Crippen molar-refractivity contribution in [2.24, 2.45) is 0 Å². The molecule has 64 valence electrons. The summed E-state index contributed by atoms with van der Waals surface area (Å²) < 4.78 is 1.08. The molecule has 0 atom stereocenters. The van der Waals surface area contributed by atoms with E-state index < -0.39 is 0 Å². The molecule has 0 heterocycles. The summed E-state index contributed by atoms with van der Waals surface area (Å²) in [6, 6.07) is 0.